The summed E-state index contributed by atoms with van der Waals surface area (Å²) in [7, 11) is 3.12. The number of aromatic nitrogens is 5. The first-order chi connectivity index (χ1) is 12.7. The molecule has 0 bridgehead atoms. The zero-order valence-electron chi connectivity index (χ0n) is 14.2. The van der Waals surface area contributed by atoms with E-state index in [4.69, 9.17) is 9.47 Å². The third kappa shape index (κ3) is 4.04. The molecule has 0 aliphatic carbocycles. The van der Waals surface area contributed by atoms with Gasteiger partial charge in [-0.1, -0.05) is 6.07 Å². The van der Waals surface area contributed by atoms with Gasteiger partial charge < -0.3 is 14.5 Å². The largest absolute Gasteiger partial charge is 0.493 e. The van der Waals surface area contributed by atoms with Crippen molar-refractivity contribution in [2.75, 3.05) is 19.6 Å². The van der Waals surface area contributed by atoms with E-state index in [-0.39, 0.29) is 17.2 Å². The Balaban J connectivity index is 1.70. The number of imidazole rings is 1. The predicted octanol–water partition coefficient (Wildman–Crippen LogP) is 0.942. The van der Waals surface area contributed by atoms with Gasteiger partial charge in [0.05, 0.1) is 38.7 Å². The first-order valence-electron chi connectivity index (χ1n) is 7.64. The van der Waals surface area contributed by atoms with Crippen molar-refractivity contribution in [3.8, 4) is 11.5 Å². The molecule has 10 nitrogen and oxygen atoms in total. The van der Waals surface area contributed by atoms with E-state index in [1.54, 1.807) is 32.5 Å². The number of aromatic amines is 2. The Morgan fingerprint density at radius 1 is 1.23 bits per heavy atom. The normalized spacial score (nSPS) is 10.8. The number of benzene rings is 1. The second-order valence-corrected chi connectivity index (χ2v) is 5.19. The molecule has 0 saturated carbocycles. The van der Waals surface area contributed by atoms with Crippen LogP contribution in [0.5, 0.6) is 11.5 Å². The first-order valence-corrected chi connectivity index (χ1v) is 7.64. The van der Waals surface area contributed by atoms with Gasteiger partial charge in [-0.25, -0.2) is 10.4 Å². The van der Waals surface area contributed by atoms with Crippen molar-refractivity contribution in [2.24, 2.45) is 5.10 Å². The van der Waals surface area contributed by atoms with Crippen molar-refractivity contribution in [2.45, 2.75) is 6.42 Å². The zero-order valence-corrected chi connectivity index (χ0v) is 14.2. The van der Waals surface area contributed by atoms with Gasteiger partial charge in [-0.3, -0.25) is 9.78 Å². The lowest BCUT2D eigenvalue weighted by Crippen LogP contribution is -2.18. The fourth-order valence-corrected chi connectivity index (χ4v) is 2.21. The van der Waals surface area contributed by atoms with Crippen LogP contribution in [0.25, 0.3) is 0 Å². The maximum absolute atomic E-state index is 12.2. The molecular weight excluding hydrogens is 338 g/mol. The lowest BCUT2D eigenvalue weighted by molar-refractivity contribution is 0.354. The minimum absolute atomic E-state index is 0.141. The second kappa shape index (κ2) is 7.92. The summed E-state index contributed by atoms with van der Waals surface area (Å²) in [6, 6.07) is 5.40. The highest BCUT2D eigenvalue weighted by Crippen LogP contribution is 2.27. The third-order valence-corrected chi connectivity index (χ3v) is 3.48. The molecule has 1 aromatic carbocycles. The molecule has 10 heteroatoms. The van der Waals surface area contributed by atoms with E-state index >= 15 is 0 Å². The topological polar surface area (TPSA) is 130 Å². The summed E-state index contributed by atoms with van der Waals surface area (Å²) < 4.78 is 10.5. The number of H-pyrrole nitrogens is 2. The number of rotatable bonds is 7. The van der Waals surface area contributed by atoms with Gasteiger partial charge in [-0.15, -0.1) is 10.2 Å². The first kappa shape index (κ1) is 17.1. The summed E-state index contributed by atoms with van der Waals surface area (Å²) in [4.78, 5) is 21.5. The summed E-state index contributed by atoms with van der Waals surface area (Å²) >= 11 is 0. The smallest absolute Gasteiger partial charge is 0.274 e. The number of methoxy groups -OCH3 is 2. The van der Waals surface area contributed by atoms with Crippen LogP contribution in [0.4, 0.5) is 5.95 Å². The number of hydrazone groups is 1. The predicted molar refractivity (Wildman–Crippen MR) is 94.8 cm³/mol. The van der Waals surface area contributed by atoms with Crippen molar-refractivity contribution in [3.63, 3.8) is 0 Å². The molecule has 0 saturated heterocycles. The summed E-state index contributed by atoms with van der Waals surface area (Å²) in [6.45, 7) is 0. The van der Waals surface area contributed by atoms with E-state index in [9.17, 15) is 4.79 Å². The number of ether oxygens (including phenoxy) is 2. The van der Waals surface area contributed by atoms with E-state index in [0.717, 1.165) is 5.56 Å². The standard InChI is InChI=1S/C16H17N7O3/c1-25-13-4-3-10(6-14(13)26-2)5-12-15(24)20-16(23-21-12)22-19-8-11-7-17-9-18-11/h3-4,6-9H,5H2,1-2H3,(H,17,18)(H2,20,22,23,24)/b19-8-. The number of nitrogens with zero attached hydrogens (tertiary/aromatic N) is 4. The molecule has 0 unspecified atom stereocenters. The Bertz CT molecular complexity index is 951. The number of hydrogen-bond acceptors (Lipinski definition) is 8. The van der Waals surface area contributed by atoms with Gasteiger partial charge in [0.15, 0.2) is 11.5 Å². The van der Waals surface area contributed by atoms with E-state index in [1.165, 1.54) is 12.5 Å². The monoisotopic (exact) mass is 355 g/mol. The molecule has 3 N–H and O–H groups in total. The zero-order chi connectivity index (χ0) is 18.4. The molecule has 2 heterocycles. The highest BCUT2D eigenvalue weighted by atomic mass is 16.5. The van der Waals surface area contributed by atoms with E-state index in [0.29, 0.717) is 23.6 Å². The van der Waals surface area contributed by atoms with E-state index in [1.807, 2.05) is 6.07 Å². The molecule has 134 valence electrons. The lowest BCUT2D eigenvalue weighted by Gasteiger charge is -2.09. The van der Waals surface area contributed by atoms with Crippen LogP contribution >= 0.6 is 0 Å². The van der Waals surface area contributed by atoms with Gasteiger partial charge in [0, 0.05) is 6.42 Å². The van der Waals surface area contributed by atoms with E-state index < -0.39 is 0 Å². The van der Waals surface area contributed by atoms with Gasteiger partial charge in [-0.05, 0) is 17.7 Å². The van der Waals surface area contributed by atoms with Crippen LogP contribution in [0.2, 0.25) is 0 Å². The molecule has 2 aromatic heterocycles. The minimum Gasteiger partial charge on any atom is -0.493 e. The third-order valence-electron chi connectivity index (χ3n) is 3.48. The van der Waals surface area contributed by atoms with Crippen LogP contribution in [0.1, 0.15) is 17.0 Å². The molecule has 0 aliphatic rings. The summed E-state index contributed by atoms with van der Waals surface area (Å²) in [6.07, 6.45) is 4.95. The van der Waals surface area contributed by atoms with Crippen LogP contribution in [0, 0.1) is 0 Å². The molecule has 26 heavy (non-hydrogen) atoms. The van der Waals surface area contributed by atoms with Crippen molar-refractivity contribution in [1.29, 1.82) is 0 Å². The Morgan fingerprint density at radius 3 is 2.77 bits per heavy atom. The number of hydrogen-bond donors (Lipinski definition) is 3. The van der Waals surface area contributed by atoms with Crippen LogP contribution in [0.15, 0.2) is 40.6 Å². The average Bonchev–Trinajstić information content (AvgIpc) is 3.17. The molecular formula is C16H17N7O3. The maximum Gasteiger partial charge on any atom is 0.274 e. The molecule has 0 fully saturated rings. The number of anilines is 1. The maximum atomic E-state index is 12.2. The Kier molecular flexibility index (Phi) is 5.22. The van der Waals surface area contributed by atoms with Gasteiger partial charge in [0.2, 0.25) is 5.95 Å². The van der Waals surface area contributed by atoms with Gasteiger partial charge in [-0.2, -0.15) is 5.10 Å². The highest BCUT2D eigenvalue weighted by molar-refractivity contribution is 5.76. The van der Waals surface area contributed by atoms with Crippen LogP contribution < -0.4 is 20.5 Å². The average molecular weight is 355 g/mol. The summed E-state index contributed by atoms with van der Waals surface area (Å²) in [5.41, 5.74) is 4.08. The minimum atomic E-state index is -0.353. The Labute approximate surface area is 148 Å². The summed E-state index contributed by atoms with van der Waals surface area (Å²) in [5, 5.41) is 11.8. The van der Waals surface area contributed by atoms with E-state index in [2.05, 4.69) is 35.7 Å². The van der Waals surface area contributed by atoms with Gasteiger partial charge in [0.25, 0.3) is 5.56 Å². The molecule has 3 rings (SSSR count). The fraction of sp³-hybridized carbons (Fsp3) is 0.188. The highest BCUT2D eigenvalue weighted by Gasteiger charge is 2.09. The van der Waals surface area contributed by atoms with Crippen molar-refractivity contribution < 1.29 is 9.47 Å². The molecule has 0 radical (unpaired) electrons. The fourth-order valence-electron chi connectivity index (χ4n) is 2.21. The van der Waals surface area contributed by atoms with Crippen molar-refractivity contribution in [1.82, 2.24) is 25.1 Å². The lowest BCUT2D eigenvalue weighted by atomic mass is 10.1. The molecule has 0 amide bonds. The molecule has 3 aromatic rings. The van der Waals surface area contributed by atoms with Crippen molar-refractivity contribution >= 4 is 12.2 Å². The molecule has 0 aliphatic heterocycles. The molecule has 0 spiro atoms. The van der Waals surface area contributed by atoms with Crippen LogP contribution in [-0.4, -0.2) is 45.6 Å². The van der Waals surface area contributed by atoms with Crippen LogP contribution in [0.3, 0.4) is 0 Å². The van der Waals surface area contributed by atoms with Crippen molar-refractivity contribution in [3.05, 3.63) is 58.0 Å². The number of nitrogens with one attached hydrogen (secondary N) is 3. The second-order valence-electron chi connectivity index (χ2n) is 5.19. The summed E-state index contributed by atoms with van der Waals surface area (Å²) in [5.74, 6) is 1.34. The SMILES string of the molecule is COc1ccc(Cc2nnc(N/N=C\c3cnc[nH]3)[nH]c2=O)cc1OC. The molecule has 0 atom stereocenters. The van der Waals surface area contributed by atoms with Crippen LogP contribution in [-0.2, 0) is 6.42 Å². The Morgan fingerprint density at radius 2 is 2.08 bits per heavy atom. The van der Waals surface area contributed by atoms with Gasteiger partial charge >= 0.3 is 0 Å². The Hall–Kier alpha value is -3.69. The quantitative estimate of drug-likeness (QED) is 0.425. The van der Waals surface area contributed by atoms with Gasteiger partial charge in [0.1, 0.15) is 5.69 Å².